The van der Waals surface area contributed by atoms with Crippen molar-refractivity contribution in [1.82, 2.24) is 5.32 Å². The van der Waals surface area contributed by atoms with Gasteiger partial charge >= 0.3 is 0 Å². The Balaban J connectivity index is 2.55. The average Bonchev–Trinajstić information content (AvgIpc) is 2.35. The van der Waals surface area contributed by atoms with Crippen molar-refractivity contribution in [1.29, 1.82) is 0 Å². The van der Waals surface area contributed by atoms with Crippen LogP contribution in [0.3, 0.4) is 0 Å². The zero-order chi connectivity index (χ0) is 12.7. The van der Waals surface area contributed by atoms with Gasteiger partial charge in [-0.3, -0.25) is 4.79 Å². The van der Waals surface area contributed by atoms with Gasteiger partial charge in [0, 0.05) is 20.3 Å². The van der Waals surface area contributed by atoms with Gasteiger partial charge < -0.3 is 10.1 Å². The van der Waals surface area contributed by atoms with E-state index in [4.69, 9.17) is 4.74 Å². The maximum Gasteiger partial charge on any atom is 0.230 e. The first-order valence-corrected chi connectivity index (χ1v) is 5.92. The zero-order valence-corrected chi connectivity index (χ0v) is 10.8. The largest absolute Gasteiger partial charge is 0.385 e. The molecule has 0 saturated heterocycles. The summed E-state index contributed by atoms with van der Waals surface area (Å²) in [7, 11) is 1.66. The fraction of sp³-hybridized carbons (Fsp3) is 0.500. The molecule has 1 rings (SSSR count). The summed E-state index contributed by atoms with van der Waals surface area (Å²) in [6, 6.07) is 9.82. The van der Waals surface area contributed by atoms with E-state index in [2.05, 4.69) is 5.32 Å². The van der Waals surface area contributed by atoms with E-state index in [0.717, 1.165) is 12.0 Å². The van der Waals surface area contributed by atoms with Gasteiger partial charge in [-0.05, 0) is 25.8 Å². The van der Waals surface area contributed by atoms with Gasteiger partial charge in [0.15, 0.2) is 0 Å². The minimum atomic E-state index is -0.492. The van der Waals surface area contributed by atoms with E-state index < -0.39 is 5.41 Å². The number of hydrogen-bond donors (Lipinski definition) is 1. The monoisotopic (exact) mass is 235 g/mol. The summed E-state index contributed by atoms with van der Waals surface area (Å²) >= 11 is 0. The van der Waals surface area contributed by atoms with E-state index in [1.807, 2.05) is 44.2 Å². The Labute approximate surface area is 103 Å². The molecule has 1 aromatic carbocycles. The molecule has 0 spiro atoms. The van der Waals surface area contributed by atoms with E-state index in [0.29, 0.717) is 13.2 Å². The molecule has 0 bridgehead atoms. The van der Waals surface area contributed by atoms with E-state index in [1.54, 1.807) is 7.11 Å². The summed E-state index contributed by atoms with van der Waals surface area (Å²) in [5.74, 6) is 0.0554. The van der Waals surface area contributed by atoms with E-state index in [9.17, 15) is 4.79 Å². The van der Waals surface area contributed by atoms with Crippen LogP contribution in [0.5, 0.6) is 0 Å². The number of nitrogens with one attached hydrogen (secondary N) is 1. The molecule has 1 amide bonds. The Kier molecular flexibility index (Phi) is 5.16. The molecule has 0 aliphatic heterocycles. The van der Waals surface area contributed by atoms with Gasteiger partial charge in [-0.1, -0.05) is 30.3 Å². The highest BCUT2D eigenvalue weighted by atomic mass is 16.5. The van der Waals surface area contributed by atoms with Crippen molar-refractivity contribution in [2.75, 3.05) is 20.3 Å². The van der Waals surface area contributed by atoms with Crippen molar-refractivity contribution in [2.45, 2.75) is 25.7 Å². The molecule has 17 heavy (non-hydrogen) atoms. The van der Waals surface area contributed by atoms with Crippen LogP contribution < -0.4 is 5.32 Å². The highest BCUT2D eigenvalue weighted by molar-refractivity contribution is 5.87. The predicted molar refractivity (Wildman–Crippen MR) is 69.0 cm³/mol. The second-order valence-electron chi connectivity index (χ2n) is 4.59. The molecular formula is C14H21NO2. The number of carbonyl (C=O) groups is 1. The molecular weight excluding hydrogens is 214 g/mol. The molecule has 0 aliphatic carbocycles. The second kappa shape index (κ2) is 6.40. The summed E-state index contributed by atoms with van der Waals surface area (Å²) in [4.78, 5) is 12.1. The zero-order valence-electron chi connectivity index (χ0n) is 10.8. The second-order valence-corrected chi connectivity index (χ2v) is 4.59. The van der Waals surface area contributed by atoms with Crippen LogP contribution in [0.25, 0.3) is 0 Å². The standard InChI is InChI=1S/C14H21NO2/c1-14(2,12-8-5-4-6-9-12)13(16)15-10-7-11-17-3/h4-6,8-9H,7,10-11H2,1-3H3,(H,15,16). The minimum Gasteiger partial charge on any atom is -0.385 e. The first-order valence-electron chi connectivity index (χ1n) is 5.92. The maximum atomic E-state index is 12.1. The third kappa shape index (κ3) is 3.86. The van der Waals surface area contributed by atoms with Gasteiger partial charge in [-0.25, -0.2) is 0 Å². The maximum absolute atomic E-state index is 12.1. The molecule has 94 valence electrons. The van der Waals surface area contributed by atoms with Crippen molar-refractivity contribution in [3.63, 3.8) is 0 Å². The van der Waals surface area contributed by atoms with E-state index >= 15 is 0 Å². The van der Waals surface area contributed by atoms with Crippen LogP contribution in [-0.4, -0.2) is 26.2 Å². The third-order valence-electron chi connectivity index (χ3n) is 2.87. The molecule has 1 aromatic rings. The number of methoxy groups -OCH3 is 1. The molecule has 0 saturated carbocycles. The lowest BCUT2D eigenvalue weighted by molar-refractivity contribution is -0.125. The normalized spacial score (nSPS) is 11.2. The number of amides is 1. The number of hydrogen-bond acceptors (Lipinski definition) is 2. The average molecular weight is 235 g/mol. The first kappa shape index (κ1) is 13.7. The first-order chi connectivity index (χ1) is 8.09. The van der Waals surface area contributed by atoms with Crippen LogP contribution in [0.15, 0.2) is 30.3 Å². The minimum absolute atomic E-state index is 0.0554. The Hall–Kier alpha value is -1.35. The van der Waals surface area contributed by atoms with E-state index in [1.165, 1.54) is 0 Å². The van der Waals surface area contributed by atoms with Crippen molar-refractivity contribution in [2.24, 2.45) is 0 Å². The van der Waals surface area contributed by atoms with Gasteiger partial charge in [-0.2, -0.15) is 0 Å². The van der Waals surface area contributed by atoms with Gasteiger partial charge in [0.2, 0.25) is 5.91 Å². The van der Waals surface area contributed by atoms with Gasteiger partial charge in [-0.15, -0.1) is 0 Å². The molecule has 0 atom stereocenters. The molecule has 0 aliphatic rings. The van der Waals surface area contributed by atoms with Crippen LogP contribution in [-0.2, 0) is 14.9 Å². The number of carbonyl (C=O) groups excluding carboxylic acids is 1. The Bertz CT molecular complexity index is 346. The number of rotatable bonds is 6. The summed E-state index contributed by atoms with van der Waals surface area (Å²) in [6.45, 7) is 5.21. The van der Waals surface area contributed by atoms with Crippen molar-refractivity contribution in [3.8, 4) is 0 Å². The highest BCUT2D eigenvalue weighted by Crippen LogP contribution is 2.22. The smallest absolute Gasteiger partial charge is 0.230 e. The molecule has 0 heterocycles. The van der Waals surface area contributed by atoms with Crippen LogP contribution in [0.4, 0.5) is 0 Å². The predicted octanol–water partition coefficient (Wildman–Crippen LogP) is 2.12. The van der Waals surface area contributed by atoms with Crippen LogP contribution in [0, 0.1) is 0 Å². The van der Waals surface area contributed by atoms with E-state index in [-0.39, 0.29) is 5.91 Å². The molecule has 1 N–H and O–H groups in total. The Morgan fingerprint density at radius 1 is 1.29 bits per heavy atom. The van der Waals surface area contributed by atoms with Crippen LogP contribution >= 0.6 is 0 Å². The fourth-order valence-corrected chi connectivity index (χ4v) is 1.63. The SMILES string of the molecule is COCCCNC(=O)C(C)(C)c1ccccc1. The molecule has 0 fully saturated rings. The Morgan fingerprint density at radius 3 is 2.53 bits per heavy atom. The van der Waals surface area contributed by atoms with Crippen molar-refractivity contribution < 1.29 is 9.53 Å². The topological polar surface area (TPSA) is 38.3 Å². The molecule has 3 heteroatoms. The lowest BCUT2D eigenvalue weighted by atomic mass is 9.84. The molecule has 3 nitrogen and oxygen atoms in total. The third-order valence-corrected chi connectivity index (χ3v) is 2.87. The quantitative estimate of drug-likeness (QED) is 0.767. The summed E-state index contributed by atoms with van der Waals surface area (Å²) in [5, 5.41) is 2.94. The summed E-state index contributed by atoms with van der Waals surface area (Å²) in [5.41, 5.74) is 0.540. The fourth-order valence-electron chi connectivity index (χ4n) is 1.63. The highest BCUT2D eigenvalue weighted by Gasteiger charge is 2.28. The number of benzene rings is 1. The summed E-state index contributed by atoms with van der Waals surface area (Å²) in [6.07, 6.45) is 0.840. The molecule has 0 unspecified atom stereocenters. The van der Waals surface area contributed by atoms with Gasteiger partial charge in [0.25, 0.3) is 0 Å². The Morgan fingerprint density at radius 2 is 1.94 bits per heavy atom. The van der Waals surface area contributed by atoms with Crippen LogP contribution in [0.2, 0.25) is 0 Å². The van der Waals surface area contributed by atoms with Gasteiger partial charge in [0.1, 0.15) is 0 Å². The van der Waals surface area contributed by atoms with Crippen LogP contribution in [0.1, 0.15) is 25.8 Å². The lowest BCUT2D eigenvalue weighted by Crippen LogP contribution is -2.40. The molecule has 0 aromatic heterocycles. The number of ether oxygens (including phenoxy) is 1. The van der Waals surface area contributed by atoms with Gasteiger partial charge in [0.05, 0.1) is 5.41 Å². The van der Waals surface area contributed by atoms with Crippen molar-refractivity contribution in [3.05, 3.63) is 35.9 Å². The molecule has 0 radical (unpaired) electrons. The van der Waals surface area contributed by atoms with Crippen molar-refractivity contribution >= 4 is 5.91 Å². The summed E-state index contributed by atoms with van der Waals surface area (Å²) < 4.78 is 4.94. The lowest BCUT2D eigenvalue weighted by Gasteiger charge is -2.24.